The van der Waals surface area contributed by atoms with Crippen LogP contribution in [0.25, 0.3) is 11.6 Å². The van der Waals surface area contributed by atoms with E-state index in [1.807, 2.05) is 0 Å². The molecule has 0 fully saturated rings. The van der Waals surface area contributed by atoms with Crippen LogP contribution >= 0.6 is 11.6 Å². The third kappa shape index (κ3) is 3.61. The van der Waals surface area contributed by atoms with E-state index in [4.69, 9.17) is 11.6 Å². The number of halogens is 1. The largest absolute Gasteiger partial charge is 0.327 e. The molecule has 9 heteroatoms. The van der Waals surface area contributed by atoms with Gasteiger partial charge in [-0.1, -0.05) is 23.7 Å². The Morgan fingerprint density at radius 3 is 2.54 bits per heavy atom. The maximum atomic E-state index is 12.3. The number of aromatic nitrogens is 4. The molecule has 0 aliphatic carbocycles. The molecule has 0 amide bonds. The Balaban J connectivity index is 1.70. The van der Waals surface area contributed by atoms with Crippen LogP contribution in [0.5, 0.6) is 0 Å². The SMILES string of the molecule is O=S(=O)(NCCn1ccnc1-c1ncccn1)c1ccccc1Cl. The van der Waals surface area contributed by atoms with E-state index in [1.165, 1.54) is 12.1 Å². The van der Waals surface area contributed by atoms with Gasteiger partial charge in [-0.2, -0.15) is 0 Å². The van der Waals surface area contributed by atoms with E-state index in [0.29, 0.717) is 18.2 Å². The third-order valence-electron chi connectivity index (χ3n) is 3.25. The predicted molar refractivity (Wildman–Crippen MR) is 89.9 cm³/mol. The van der Waals surface area contributed by atoms with Gasteiger partial charge >= 0.3 is 0 Å². The van der Waals surface area contributed by atoms with Crippen LogP contribution in [-0.2, 0) is 16.6 Å². The van der Waals surface area contributed by atoms with Gasteiger partial charge in [0.25, 0.3) is 0 Å². The quantitative estimate of drug-likeness (QED) is 0.723. The Bertz CT molecular complexity index is 928. The summed E-state index contributed by atoms with van der Waals surface area (Å²) in [5, 5.41) is 0.186. The van der Waals surface area contributed by atoms with Gasteiger partial charge in [-0.05, 0) is 18.2 Å². The van der Waals surface area contributed by atoms with E-state index in [1.54, 1.807) is 47.6 Å². The number of rotatable bonds is 6. The lowest BCUT2D eigenvalue weighted by Crippen LogP contribution is -2.27. The van der Waals surface area contributed by atoms with Gasteiger partial charge in [0.2, 0.25) is 10.0 Å². The van der Waals surface area contributed by atoms with Gasteiger partial charge in [0.05, 0.1) is 5.02 Å². The second-order valence-corrected chi connectivity index (χ2v) is 6.99. The molecule has 0 bridgehead atoms. The van der Waals surface area contributed by atoms with Crippen molar-refractivity contribution in [3.63, 3.8) is 0 Å². The van der Waals surface area contributed by atoms with Crippen molar-refractivity contribution in [1.29, 1.82) is 0 Å². The van der Waals surface area contributed by atoms with E-state index in [2.05, 4.69) is 19.7 Å². The molecule has 3 rings (SSSR count). The van der Waals surface area contributed by atoms with Crippen LogP contribution in [0.1, 0.15) is 0 Å². The lowest BCUT2D eigenvalue weighted by Gasteiger charge is -2.10. The minimum Gasteiger partial charge on any atom is -0.327 e. The van der Waals surface area contributed by atoms with Crippen LogP contribution in [-0.4, -0.2) is 34.5 Å². The Hall–Kier alpha value is -2.29. The number of nitrogens with zero attached hydrogens (tertiary/aromatic N) is 4. The van der Waals surface area contributed by atoms with Gasteiger partial charge in [-0.25, -0.2) is 28.1 Å². The summed E-state index contributed by atoms with van der Waals surface area (Å²) in [6, 6.07) is 8.02. The molecule has 7 nitrogen and oxygen atoms in total. The first kappa shape index (κ1) is 16.6. The highest BCUT2D eigenvalue weighted by Crippen LogP contribution is 2.20. The second-order valence-electron chi connectivity index (χ2n) is 4.84. The van der Waals surface area contributed by atoms with Crippen molar-refractivity contribution in [2.45, 2.75) is 11.4 Å². The molecule has 0 unspecified atom stereocenters. The van der Waals surface area contributed by atoms with Gasteiger partial charge in [-0.3, -0.25) is 0 Å². The maximum Gasteiger partial charge on any atom is 0.242 e. The van der Waals surface area contributed by atoms with Gasteiger partial charge < -0.3 is 4.57 Å². The van der Waals surface area contributed by atoms with Crippen LogP contribution in [0, 0.1) is 0 Å². The Morgan fingerprint density at radius 2 is 1.79 bits per heavy atom. The monoisotopic (exact) mass is 363 g/mol. The summed E-state index contributed by atoms with van der Waals surface area (Å²) in [6.45, 7) is 0.570. The molecule has 1 aromatic carbocycles. The molecule has 3 aromatic rings. The standard InChI is InChI=1S/C15H14ClN5O2S/c16-12-4-1-2-5-13(12)24(22,23)20-9-11-21-10-8-19-15(21)14-17-6-3-7-18-14/h1-8,10,20H,9,11H2. The highest BCUT2D eigenvalue weighted by atomic mass is 35.5. The van der Waals surface area contributed by atoms with Crippen LogP contribution in [0.15, 0.2) is 60.0 Å². The Kier molecular flexibility index (Phi) is 4.89. The summed E-state index contributed by atoms with van der Waals surface area (Å²) in [5.74, 6) is 1.06. The van der Waals surface area contributed by atoms with E-state index in [9.17, 15) is 8.42 Å². The highest BCUT2D eigenvalue weighted by molar-refractivity contribution is 7.89. The Labute approximate surface area is 144 Å². The van der Waals surface area contributed by atoms with Crippen molar-refractivity contribution in [3.05, 3.63) is 60.1 Å². The van der Waals surface area contributed by atoms with E-state index < -0.39 is 10.0 Å². The maximum absolute atomic E-state index is 12.3. The number of hydrogen-bond donors (Lipinski definition) is 1. The molecule has 0 aliphatic rings. The molecule has 0 radical (unpaired) electrons. The van der Waals surface area contributed by atoms with Crippen molar-refractivity contribution >= 4 is 21.6 Å². The first-order chi connectivity index (χ1) is 11.6. The summed E-state index contributed by atoms with van der Waals surface area (Å²) < 4.78 is 28.9. The van der Waals surface area contributed by atoms with Gasteiger partial charge in [-0.15, -0.1) is 0 Å². The van der Waals surface area contributed by atoms with Crippen molar-refractivity contribution in [2.24, 2.45) is 0 Å². The second kappa shape index (κ2) is 7.08. The topological polar surface area (TPSA) is 89.8 Å². The number of imidazole rings is 1. The molecule has 0 spiro atoms. The summed E-state index contributed by atoms with van der Waals surface area (Å²) in [5.41, 5.74) is 0. The average molecular weight is 364 g/mol. The smallest absolute Gasteiger partial charge is 0.242 e. The molecular weight excluding hydrogens is 350 g/mol. The van der Waals surface area contributed by atoms with Crippen LogP contribution in [0.4, 0.5) is 0 Å². The van der Waals surface area contributed by atoms with E-state index >= 15 is 0 Å². The van der Waals surface area contributed by atoms with E-state index in [-0.39, 0.29) is 16.5 Å². The molecular formula is C15H14ClN5O2S. The molecule has 2 heterocycles. The summed E-state index contributed by atoms with van der Waals surface area (Å²) in [4.78, 5) is 12.6. The number of benzene rings is 1. The van der Waals surface area contributed by atoms with Crippen molar-refractivity contribution in [2.75, 3.05) is 6.54 Å². The lowest BCUT2D eigenvalue weighted by molar-refractivity contribution is 0.573. The fraction of sp³-hybridized carbons (Fsp3) is 0.133. The zero-order valence-electron chi connectivity index (χ0n) is 12.5. The minimum atomic E-state index is -3.67. The normalized spacial score (nSPS) is 11.5. The van der Waals surface area contributed by atoms with Crippen molar-refractivity contribution in [3.8, 4) is 11.6 Å². The van der Waals surface area contributed by atoms with E-state index in [0.717, 1.165) is 0 Å². The minimum absolute atomic E-state index is 0.0592. The zero-order valence-corrected chi connectivity index (χ0v) is 14.1. The van der Waals surface area contributed by atoms with Gasteiger partial charge in [0.15, 0.2) is 11.6 Å². The highest BCUT2D eigenvalue weighted by Gasteiger charge is 2.17. The molecule has 2 aromatic heterocycles. The number of sulfonamides is 1. The molecule has 1 N–H and O–H groups in total. The fourth-order valence-electron chi connectivity index (χ4n) is 2.15. The number of nitrogens with one attached hydrogen (secondary N) is 1. The molecule has 0 atom stereocenters. The van der Waals surface area contributed by atoms with Crippen LogP contribution in [0.3, 0.4) is 0 Å². The van der Waals surface area contributed by atoms with Crippen LogP contribution < -0.4 is 4.72 Å². The molecule has 124 valence electrons. The van der Waals surface area contributed by atoms with Crippen LogP contribution in [0.2, 0.25) is 5.02 Å². The third-order valence-corrected chi connectivity index (χ3v) is 5.21. The summed E-state index contributed by atoms with van der Waals surface area (Å²) >= 11 is 5.94. The van der Waals surface area contributed by atoms with Gasteiger partial charge in [0.1, 0.15) is 4.90 Å². The van der Waals surface area contributed by atoms with Crippen molar-refractivity contribution < 1.29 is 8.42 Å². The molecule has 0 saturated carbocycles. The fourth-order valence-corrected chi connectivity index (χ4v) is 3.69. The van der Waals surface area contributed by atoms with Gasteiger partial charge in [0, 0.05) is 37.9 Å². The molecule has 0 aliphatic heterocycles. The first-order valence-electron chi connectivity index (χ1n) is 7.10. The average Bonchev–Trinajstić information content (AvgIpc) is 3.04. The van der Waals surface area contributed by atoms with Crippen molar-refractivity contribution in [1.82, 2.24) is 24.2 Å². The Morgan fingerprint density at radius 1 is 1.04 bits per heavy atom. The zero-order chi connectivity index (χ0) is 17.0. The predicted octanol–water partition coefficient (Wildman–Crippen LogP) is 1.97. The summed E-state index contributed by atoms with van der Waals surface area (Å²) in [6.07, 6.45) is 6.62. The number of hydrogen-bond acceptors (Lipinski definition) is 5. The first-order valence-corrected chi connectivity index (χ1v) is 8.97. The molecule has 0 saturated heterocycles. The molecule has 24 heavy (non-hydrogen) atoms. The summed E-state index contributed by atoms with van der Waals surface area (Å²) in [7, 11) is -3.67. The lowest BCUT2D eigenvalue weighted by atomic mass is 10.4.